The molecule has 7 nitrogen and oxygen atoms in total. The van der Waals surface area contributed by atoms with Crippen molar-refractivity contribution in [1.82, 2.24) is 10.0 Å². The van der Waals surface area contributed by atoms with Gasteiger partial charge in [-0.3, -0.25) is 0 Å². The minimum absolute atomic E-state index is 0. The second-order valence-electron chi connectivity index (χ2n) is 5.25. The topological polar surface area (TPSA) is 102 Å². The van der Waals surface area contributed by atoms with Gasteiger partial charge in [0.2, 0.25) is 10.0 Å². The van der Waals surface area contributed by atoms with Crippen LogP contribution >= 0.6 is 12.4 Å². The average molecular weight is 385 g/mol. The third kappa shape index (κ3) is 5.05. The Labute approximate surface area is 143 Å². The molecule has 2 rings (SSSR count). The van der Waals surface area contributed by atoms with Gasteiger partial charge in [-0.15, -0.1) is 12.4 Å². The predicted octanol–water partition coefficient (Wildman–Crippen LogP) is 0.551. The number of halogens is 1. The monoisotopic (exact) mass is 384 g/mol. The molecule has 1 heterocycles. The summed E-state index contributed by atoms with van der Waals surface area (Å²) in [6, 6.07) is 3.59. The van der Waals surface area contributed by atoms with Gasteiger partial charge in [0.25, 0.3) is 0 Å². The van der Waals surface area contributed by atoms with Gasteiger partial charge in [-0.1, -0.05) is 0 Å². The first-order valence-electron chi connectivity index (χ1n) is 6.85. The van der Waals surface area contributed by atoms with E-state index >= 15 is 0 Å². The summed E-state index contributed by atoms with van der Waals surface area (Å²) >= 11 is 0. The first kappa shape index (κ1) is 20.2. The Morgan fingerprint density at radius 3 is 2.48 bits per heavy atom. The van der Waals surface area contributed by atoms with Crippen LogP contribution in [0.2, 0.25) is 0 Å². The third-order valence-electron chi connectivity index (χ3n) is 3.47. The smallest absolute Gasteiger partial charge is 0.244 e. The van der Waals surface area contributed by atoms with Gasteiger partial charge < -0.3 is 10.1 Å². The molecule has 0 unspecified atom stereocenters. The lowest BCUT2D eigenvalue weighted by Crippen LogP contribution is -2.45. The number of nitrogens with one attached hydrogen (secondary N) is 2. The number of methoxy groups -OCH3 is 1. The Hall–Kier alpha value is -0.870. The van der Waals surface area contributed by atoms with Crippen LogP contribution in [0.5, 0.6) is 5.75 Å². The summed E-state index contributed by atoms with van der Waals surface area (Å²) in [5, 5.41) is 3.12. The van der Waals surface area contributed by atoms with E-state index in [4.69, 9.17) is 4.74 Å². The molecule has 10 heteroatoms. The van der Waals surface area contributed by atoms with Crippen LogP contribution in [0.1, 0.15) is 12.8 Å². The molecule has 1 aromatic carbocycles. The van der Waals surface area contributed by atoms with Crippen LogP contribution in [-0.2, 0) is 19.9 Å². The lowest BCUT2D eigenvalue weighted by molar-refractivity contribution is 0.399. The third-order valence-corrected chi connectivity index (χ3v) is 6.12. The number of benzene rings is 1. The van der Waals surface area contributed by atoms with Crippen molar-refractivity contribution in [3.8, 4) is 5.75 Å². The van der Waals surface area contributed by atoms with Gasteiger partial charge >= 0.3 is 0 Å². The van der Waals surface area contributed by atoms with Gasteiger partial charge in [-0.2, -0.15) is 0 Å². The lowest BCUT2D eigenvalue weighted by atomic mass is 10.1. The van der Waals surface area contributed by atoms with E-state index < -0.39 is 19.9 Å². The van der Waals surface area contributed by atoms with E-state index in [1.54, 1.807) is 0 Å². The fourth-order valence-electron chi connectivity index (χ4n) is 2.33. The Balaban J connectivity index is 0.00000264. The number of hydrogen-bond acceptors (Lipinski definition) is 6. The van der Waals surface area contributed by atoms with Crippen LogP contribution < -0.4 is 14.8 Å². The highest BCUT2D eigenvalue weighted by atomic mass is 35.5. The van der Waals surface area contributed by atoms with Crippen molar-refractivity contribution in [2.24, 2.45) is 0 Å². The fourth-order valence-corrected chi connectivity index (χ4v) is 4.52. The number of ether oxygens (including phenoxy) is 1. The molecule has 0 radical (unpaired) electrons. The summed E-state index contributed by atoms with van der Waals surface area (Å²) in [6.07, 6.45) is 2.65. The van der Waals surface area contributed by atoms with Crippen LogP contribution in [-0.4, -0.2) is 49.3 Å². The van der Waals surface area contributed by atoms with E-state index in [1.165, 1.54) is 19.2 Å². The summed E-state index contributed by atoms with van der Waals surface area (Å²) in [6.45, 7) is 1.42. The van der Waals surface area contributed by atoms with E-state index in [0.29, 0.717) is 6.54 Å². The molecular weight excluding hydrogens is 364 g/mol. The van der Waals surface area contributed by atoms with E-state index in [9.17, 15) is 16.8 Å². The van der Waals surface area contributed by atoms with E-state index in [2.05, 4.69) is 10.0 Å². The molecule has 1 atom stereocenters. The summed E-state index contributed by atoms with van der Waals surface area (Å²) in [5.41, 5.74) is 0. The number of hydrogen-bond donors (Lipinski definition) is 2. The largest absolute Gasteiger partial charge is 0.495 e. The molecule has 0 bridgehead atoms. The SMILES string of the molecule is COc1ccc(S(C)(=O)=O)cc1S(=O)(=O)N[C@H]1CCCNC1.Cl. The van der Waals surface area contributed by atoms with Crippen LogP contribution in [0.25, 0.3) is 0 Å². The minimum Gasteiger partial charge on any atom is -0.495 e. The number of piperidine rings is 1. The average Bonchev–Trinajstić information content (AvgIpc) is 2.46. The standard InChI is InChI=1S/C13H20N2O5S2.ClH/c1-20-12-6-5-11(21(2,16)17)8-13(12)22(18,19)15-10-4-3-7-14-9-10;/h5-6,8,10,14-15H,3-4,7,9H2,1-2H3;1H/t10-;/m0./s1. The van der Waals surface area contributed by atoms with Crippen molar-refractivity contribution in [3.63, 3.8) is 0 Å². The molecule has 1 aliphatic heterocycles. The van der Waals surface area contributed by atoms with Crippen molar-refractivity contribution < 1.29 is 21.6 Å². The quantitative estimate of drug-likeness (QED) is 0.768. The zero-order chi connectivity index (χ0) is 16.4. The molecule has 1 aliphatic rings. The summed E-state index contributed by atoms with van der Waals surface area (Å²) in [5.74, 6) is 0.115. The highest BCUT2D eigenvalue weighted by molar-refractivity contribution is 7.91. The minimum atomic E-state index is -3.86. The maximum atomic E-state index is 12.5. The first-order chi connectivity index (χ1) is 10.2. The van der Waals surface area contributed by atoms with Gasteiger partial charge in [0.15, 0.2) is 9.84 Å². The Morgan fingerprint density at radius 1 is 1.26 bits per heavy atom. The zero-order valence-electron chi connectivity index (χ0n) is 12.9. The van der Waals surface area contributed by atoms with Crippen LogP contribution in [0, 0.1) is 0 Å². The van der Waals surface area contributed by atoms with Gasteiger partial charge in [0.05, 0.1) is 12.0 Å². The number of rotatable bonds is 5. The van der Waals surface area contributed by atoms with Crippen molar-refractivity contribution in [2.45, 2.75) is 28.7 Å². The van der Waals surface area contributed by atoms with Crippen LogP contribution in [0.3, 0.4) is 0 Å². The zero-order valence-corrected chi connectivity index (χ0v) is 15.4. The Bertz CT molecular complexity index is 744. The number of sulfone groups is 1. The molecule has 23 heavy (non-hydrogen) atoms. The molecule has 0 saturated carbocycles. The summed E-state index contributed by atoms with van der Waals surface area (Å²) in [7, 11) is -6.02. The second-order valence-corrected chi connectivity index (χ2v) is 8.95. The fraction of sp³-hybridized carbons (Fsp3) is 0.538. The maximum Gasteiger partial charge on any atom is 0.244 e. The highest BCUT2D eigenvalue weighted by Gasteiger charge is 2.26. The van der Waals surface area contributed by atoms with E-state index in [-0.39, 0.29) is 34.0 Å². The van der Waals surface area contributed by atoms with Crippen molar-refractivity contribution in [1.29, 1.82) is 0 Å². The van der Waals surface area contributed by atoms with Gasteiger partial charge in [0, 0.05) is 18.8 Å². The van der Waals surface area contributed by atoms with Gasteiger partial charge in [-0.05, 0) is 37.6 Å². The summed E-state index contributed by atoms with van der Waals surface area (Å²) < 4.78 is 56.0. The lowest BCUT2D eigenvalue weighted by Gasteiger charge is -2.24. The molecule has 1 saturated heterocycles. The molecular formula is C13H21ClN2O5S2. The van der Waals surface area contributed by atoms with Gasteiger partial charge in [-0.25, -0.2) is 21.6 Å². The van der Waals surface area contributed by atoms with Gasteiger partial charge in [0.1, 0.15) is 10.6 Å². The molecule has 0 amide bonds. The number of sulfonamides is 1. The molecule has 1 fully saturated rings. The Kier molecular flexibility index (Phi) is 6.84. The molecule has 1 aromatic rings. The second kappa shape index (κ2) is 7.80. The molecule has 0 aliphatic carbocycles. The molecule has 2 N–H and O–H groups in total. The molecule has 132 valence electrons. The molecule has 0 spiro atoms. The van der Waals surface area contributed by atoms with Crippen molar-refractivity contribution in [3.05, 3.63) is 18.2 Å². The molecule has 0 aromatic heterocycles. The van der Waals surface area contributed by atoms with Crippen molar-refractivity contribution >= 4 is 32.3 Å². The highest BCUT2D eigenvalue weighted by Crippen LogP contribution is 2.27. The van der Waals surface area contributed by atoms with E-state index in [1.807, 2.05) is 0 Å². The maximum absolute atomic E-state index is 12.5. The van der Waals surface area contributed by atoms with Crippen LogP contribution in [0.4, 0.5) is 0 Å². The van der Waals surface area contributed by atoms with Crippen molar-refractivity contribution in [2.75, 3.05) is 26.5 Å². The van der Waals surface area contributed by atoms with E-state index in [0.717, 1.165) is 31.7 Å². The predicted molar refractivity (Wildman–Crippen MR) is 89.6 cm³/mol. The first-order valence-corrected chi connectivity index (χ1v) is 10.2. The summed E-state index contributed by atoms with van der Waals surface area (Å²) in [4.78, 5) is -0.223. The Morgan fingerprint density at radius 2 is 1.96 bits per heavy atom. The van der Waals surface area contributed by atoms with Crippen LogP contribution in [0.15, 0.2) is 28.0 Å². The normalized spacial score (nSPS) is 19.0.